The molecule has 0 aliphatic heterocycles. The number of ether oxygens (including phenoxy) is 1. The van der Waals surface area contributed by atoms with Gasteiger partial charge in [0.15, 0.2) is 0 Å². The standard InChI is InChI=1S/C12H24O/c1-9(2)10-7-12(6,8-10)13-11(3,4)5/h9-10H,7-8H2,1-6H3/t10-,12-. The van der Waals surface area contributed by atoms with E-state index in [0.717, 1.165) is 11.8 Å². The Balaban J connectivity index is 2.38. The van der Waals surface area contributed by atoms with Crippen LogP contribution in [0.2, 0.25) is 0 Å². The molecule has 1 rings (SSSR count). The second-order valence-electron chi connectivity index (χ2n) is 6.08. The van der Waals surface area contributed by atoms with Gasteiger partial charge in [0.1, 0.15) is 0 Å². The predicted octanol–water partition coefficient (Wildman–Crippen LogP) is 3.63. The van der Waals surface area contributed by atoms with Crippen molar-refractivity contribution in [3.63, 3.8) is 0 Å². The van der Waals surface area contributed by atoms with Gasteiger partial charge in [-0.3, -0.25) is 0 Å². The molecule has 0 atom stereocenters. The molecule has 0 spiro atoms. The predicted molar refractivity (Wildman–Crippen MR) is 56.8 cm³/mol. The lowest BCUT2D eigenvalue weighted by Gasteiger charge is -2.50. The van der Waals surface area contributed by atoms with Gasteiger partial charge in [-0.25, -0.2) is 0 Å². The van der Waals surface area contributed by atoms with Crippen LogP contribution in [0.5, 0.6) is 0 Å². The highest BCUT2D eigenvalue weighted by Gasteiger charge is 2.44. The van der Waals surface area contributed by atoms with E-state index in [1.807, 2.05) is 0 Å². The largest absolute Gasteiger partial charge is 0.370 e. The molecule has 0 unspecified atom stereocenters. The Labute approximate surface area is 82.9 Å². The van der Waals surface area contributed by atoms with Crippen molar-refractivity contribution in [2.24, 2.45) is 11.8 Å². The molecular weight excluding hydrogens is 160 g/mol. The van der Waals surface area contributed by atoms with Crippen LogP contribution < -0.4 is 0 Å². The summed E-state index contributed by atoms with van der Waals surface area (Å²) < 4.78 is 6.04. The highest BCUT2D eigenvalue weighted by atomic mass is 16.5. The van der Waals surface area contributed by atoms with Crippen molar-refractivity contribution in [1.29, 1.82) is 0 Å². The molecule has 1 fully saturated rings. The topological polar surface area (TPSA) is 9.23 Å². The van der Waals surface area contributed by atoms with Crippen LogP contribution in [0.15, 0.2) is 0 Å². The molecule has 1 aliphatic carbocycles. The lowest BCUT2D eigenvalue weighted by atomic mass is 9.67. The molecule has 13 heavy (non-hydrogen) atoms. The third-order valence-corrected chi connectivity index (χ3v) is 2.88. The second-order valence-corrected chi connectivity index (χ2v) is 6.08. The fourth-order valence-electron chi connectivity index (χ4n) is 2.34. The minimum Gasteiger partial charge on any atom is -0.370 e. The van der Waals surface area contributed by atoms with Crippen LogP contribution in [-0.2, 0) is 4.74 Å². The van der Waals surface area contributed by atoms with Gasteiger partial charge in [0.25, 0.3) is 0 Å². The fraction of sp³-hybridized carbons (Fsp3) is 1.00. The Morgan fingerprint density at radius 2 is 1.69 bits per heavy atom. The minimum absolute atomic E-state index is 0.0106. The maximum absolute atomic E-state index is 6.04. The third kappa shape index (κ3) is 2.98. The maximum Gasteiger partial charge on any atom is 0.0667 e. The monoisotopic (exact) mass is 184 g/mol. The molecule has 0 N–H and O–H groups in total. The molecule has 0 radical (unpaired) electrons. The molecule has 0 amide bonds. The highest BCUT2D eigenvalue weighted by Crippen LogP contribution is 2.46. The van der Waals surface area contributed by atoms with Gasteiger partial charge < -0.3 is 4.74 Å². The number of hydrogen-bond donors (Lipinski definition) is 0. The first-order chi connectivity index (χ1) is 5.72. The lowest BCUT2D eigenvalue weighted by Crippen LogP contribution is -2.49. The van der Waals surface area contributed by atoms with Crippen LogP contribution in [0.4, 0.5) is 0 Å². The van der Waals surface area contributed by atoms with E-state index in [0.29, 0.717) is 0 Å². The van der Waals surface area contributed by atoms with Gasteiger partial charge in [-0.1, -0.05) is 13.8 Å². The minimum atomic E-state index is 0.0106. The summed E-state index contributed by atoms with van der Waals surface area (Å²) in [5, 5.41) is 0. The zero-order chi connectivity index (χ0) is 10.3. The Kier molecular flexibility index (Phi) is 2.78. The number of hydrogen-bond acceptors (Lipinski definition) is 1. The van der Waals surface area contributed by atoms with E-state index in [1.165, 1.54) is 12.8 Å². The molecule has 0 aromatic heterocycles. The number of rotatable bonds is 2. The molecule has 0 heterocycles. The fourth-order valence-corrected chi connectivity index (χ4v) is 2.34. The maximum atomic E-state index is 6.04. The Morgan fingerprint density at radius 3 is 2.00 bits per heavy atom. The normalized spacial score (nSPS) is 34.8. The summed E-state index contributed by atoms with van der Waals surface area (Å²) >= 11 is 0. The molecule has 0 aromatic carbocycles. The molecule has 1 aliphatic rings. The molecule has 0 saturated heterocycles. The summed E-state index contributed by atoms with van der Waals surface area (Å²) in [7, 11) is 0. The van der Waals surface area contributed by atoms with Gasteiger partial charge >= 0.3 is 0 Å². The van der Waals surface area contributed by atoms with E-state index in [-0.39, 0.29) is 11.2 Å². The summed E-state index contributed by atoms with van der Waals surface area (Å²) in [4.78, 5) is 0. The zero-order valence-electron chi connectivity index (χ0n) is 9.98. The van der Waals surface area contributed by atoms with Crippen LogP contribution in [0.25, 0.3) is 0 Å². The Morgan fingerprint density at radius 1 is 1.23 bits per heavy atom. The van der Waals surface area contributed by atoms with Crippen molar-refractivity contribution < 1.29 is 4.74 Å². The van der Waals surface area contributed by atoms with Gasteiger partial charge in [0, 0.05) is 0 Å². The van der Waals surface area contributed by atoms with E-state index < -0.39 is 0 Å². The summed E-state index contributed by atoms with van der Waals surface area (Å²) in [6.45, 7) is 13.3. The summed E-state index contributed by atoms with van der Waals surface area (Å²) in [6.07, 6.45) is 2.48. The summed E-state index contributed by atoms with van der Waals surface area (Å²) in [5.74, 6) is 1.70. The van der Waals surface area contributed by atoms with E-state index in [4.69, 9.17) is 4.74 Å². The van der Waals surface area contributed by atoms with Gasteiger partial charge in [-0.2, -0.15) is 0 Å². The molecule has 1 nitrogen and oxygen atoms in total. The second kappa shape index (κ2) is 3.27. The van der Waals surface area contributed by atoms with Gasteiger partial charge in [0.2, 0.25) is 0 Å². The molecule has 1 saturated carbocycles. The SMILES string of the molecule is CC(C)[C@H]1C[C@](C)(OC(C)(C)C)C1. The molecular formula is C12H24O. The Hall–Kier alpha value is -0.0400. The van der Waals surface area contributed by atoms with E-state index in [1.54, 1.807) is 0 Å². The van der Waals surface area contributed by atoms with Crippen molar-refractivity contribution in [3.8, 4) is 0 Å². The van der Waals surface area contributed by atoms with E-state index >= 15 is 0 Å². The quantitative estimate of drug-likeness (QED) is 0.637. The van der Waals surface area contributed by atoms with Crippen LogP contribution in [0.3, 0.4) is 0 Å². The van der Waals surface area contributed by atoms with E-state index in [9.17, 15) is 0 Å². The van der Waals surface area contributed by atoms with Gasteiger partial charge in [0.05, 0.1) is 11.2 Å². The van der Waals surface area contributed by atoms with Crippen LogP contribution in [0.1, 0.15) is 54.4 Å². The molecule has 0 bridgehead atoms. The smallest absolute Gasteiger partial charge is 0.0667 e. The van der Waals surface area contributed by atoms with Gasteiger partial charge in [-0.05, 0) is 52.4 Å². The average Bonchev–Trinajstić information content (AvgIpc) is 1.77. The zero-order valence-corrected chi connectivity index (χ0v) is 9.98. The summed E-state index contributed by atoms with van der Waals surface area (Å²) in [5.41, 5.74) is 0.171. The average molecular weight is 184 g/mol. The van der Waals surface area contributed by atoms with Crippen molar-refractivity contribution in [3.05, 3.63) is 0 Å². The lowest BCUT2D eigenvalue weighted by molar-refractivity contribution is -0.186. The van der Waals surface area contributed by atoms with Crippen LogP contribution in [0, 0.1) is 11.8 Å². The summed E-state index contributed by atoms with van der Waals surface area (Å²) in [6, 6.07) is 0. The molecule has 78 valence electrons. The van der Waals surface area contributed by atoms with Crippen LogP contribution >= 0.6 is 0 Å². The Bertz CT molecular complexity index is 170. The van der Waals surface area contributed by atoms with Gasteiger partial charge in [-0.15, -0.1) is 0 Å². The third-order valence-electron chi connectivity index (χ3n) is 2.88. The van der Waals surface area contributed by atoms with Crippen molar-refractivity contribution in [2.75, 3.05) is 0 Å². The van der Waals surface area contributed by atoms with Crippen molar-refractivity contribution in [1.82, 2.24) is 0 Å². The molecule has 0 aromatic rings. The van der Waals surface area contributed by atoms with Crippen molar-refractivity contribution in [2.45, 2.75) is 65.6 Å². The van der Waals surface area contributed by atoms with Crippen molar-refractivity contribution >= 4 is 0 Å². The first-order valence-electron chi connectivity index (χ1n) is 5.42. The first-order valence-corrected chi connectivity index (χ1v) is 5.42. The van der Waals surface area contributed by atoms with Crippen LogP contribution in [-0.4, -0.2) is 11.2 Å². The highest BCUT2D eigenvalue weighted by molar-refractivity contribution is 4.94. The first kappa shape index (κ1) is 11.0. The van der Waals surface area contributed by atoms with E-state index in [2.05, 4.69) is 41.5 Å². The molecule has 1 heteroatoms.